The van der Waals surface area contributed by atoms with Crippen LogP contribution in [0.5, 0.6) is 0 Å². The van der Waals surface area contributed by atoms with Crippen molar-refractivity contribution in [2.24, 2.45) is 0 Å². The molecule has 1 rings (SSSR count). The van der Waals surface area contributed by atoms with Crippen molar-refractivity contribution in [1.82, 2.24) is 0 Å². The minimum absolute atomic E-state index is 0.249. The fraction of sp³-hybridized carbons (Fsp3) is 0.154. The van der Waals surface area contributed by atoms with Crippen LogP contribution in [0.25, 0.3) is 6.08 Å². The molecule has 0 saturated carbocycles. The first kappa shape index (κ1) is 11.2. The fourth-order valence-electron chi connectivity index (χ4n) is 1.11. The van der Waals surface area contributed by atoms with Crippen LogP contribution in [-0.4, -0.2) is 12.6 Å². The van der Waals surface area contributed by atoms with E-state index in [0.29, 0.717) is 5.57 Å². The van der Waals surface area contributed by atoms with Crippen molar-refractivity contribution in [2.45, 2.75) is 6.92 Å². The van der Waals surface area contributed by atoms with Crippen LogP contribution in [0.1, 0.15) is 12.5 Å². The van der Waals surface area contributed by atoms with E-state index in [9.17, 15) is 4.79 Å². The zero-order valence-electron chi connectivity index (χ0n) is 8.77. The largest absolute Gasteiger partial charge is 0.458 e. The van der Waals surface area contributed by atoms with Gasteiger partial charge in [0.2, 0.25) is 0 Å². The number of hydrogen-bond donors (Lipinski definition) is 0. The van der Waals surface area contributed by atoms with Gasteiger partial charge in [0.05, 0.1) is 0 Å². The van der Waals surface area contributed by atoms with E-state index in [1.165, 1.54) is 0 Å². The minimum Gasteiger partial charge on any atom is -0.458 e. The first-order valence-electron chi connectivity index (χ1n) is 4.75. The summed E-state index contributed by atoms with van der Waals surface area (Å²) in [5.41, 5.74) is 1.58. The van der Waals surface area contributed by atoms with Gasteiger partial charge in [0.25, 0.3) is 0 Å². The average Bonchev–Trinajstić information content (AvgIpc) is 2.27. The molecule has 1 aromatic rings. The Labute approximate surface area is 89.9 Å². The van der Waals surface area contributed by atoms with Gasteiger partial charge in [-0.2, -0.15) is 0 Å². The molecule has 0 aliphatic rings. The molecule has 0 unspecified atom stereocenters. The van der Waals surface area contributed by atoms with E-state index in [0.717, 1.165) is 5.56 Å². The van der Waals surface area contributed by atoms with Gasteiger partial charge in [-0.3, -0.25) is 0 Å². The summed E-state index contributed by atoms with van der Waals surface area (Å²) in [7, 11) is 0. The van der Waals surface area contributed by atoms with Gasteiger partial charge in [0.15, 0.2) is 0 Å². The maximum atomic E-state index is 11.4. The van der Waals surface area contributed by atoms with Crippen molar-refractivity contribution in [3.05, 3.63) is 54.1 Å². The Morgan fingerprint density at radius 1 is 1.40 bits per heavy atom. The Hall–Kier alpha value is -1.83. The van der Waals surface area contributed by atoms with Gasteiger partial charge >= 0.3 is 5.97 Å². The molecule has 0 aliphatic heterocycles. The zero-order chi connectivity index (χ0) is 11.1. The Balaban J connectivity index is 2.67. The molecule has 2 heteroatoms. The topological polar surface area (TPSA) is 26.3 Å². The molecule has 0 aliphatic carbocycles. The van der Waals surface area contributed by atoms with Gasteiger partial charge in [-0.1, -0.05) is 43.0 Å². The highest BCUT2D eigenvalue weighted by Gasteiger charge is 2.03. The third-order valence-electron chi connectivity index (χ3n) is 1.84. The summed E-state index contributed by atoms with van der Waals surface area (Å²) in [6.07, 6.45) is 3.35. The van der Waals surface area contributed by atoms with Crippen LogP contribution < -0.4 is 0 Å². The van der Waals surface area contributed by atoms with Crippen LogP contribution in [0.4, 0.5) is 0 Å². The molecule has 0 radical (unpaired) electrons. The lowest BCUT2D eigenvalue weighted by molar-refractivity contribution is -0.137. The van der Waals surface area contributed by atoms with Gasteiger partial charge in [-0.15, -0.1) is 0 Å². The third-order valence-corrected chi connectivity index (χ3v) is 1.84. The van der Waals surface area contributed by atoms with E-state index in [1.807, 2.05) is 30.3 Å². The van der Waals surface area contributed by atoms with Crippen LogP contribution in [0, 0.1) is 0 Å². The maximum absolute atomic E-state index is 11.4. The first-order valence-corrected chi connectivity index (χ1v) is 4.75. The second-order valence-electron chi connectivity index (χ2n) is 3.13. The molecular formula is C13H14O2. The second-order valence-corrected chi connectivity index (χ2v) is 3.13. The number of benzene rings is 1. The highest BCUT2D eigenvalue weighted by molar-refractivity contribution is 5.93. The van der Waals surface area contributed by atoms with Crippen molar-refractivity contribution in [2.75, 3.05) is 6.61 Å². The van der Waals surface area contributed by atoms with Crippen LogP contribution in [0.3, 0.4) is 0 Å². The monoisotopic (exact) mass is 202 g/mol. The fourth-order valence-corrected chi connectivity index (χ4v) is 1.11. The van der Waals surface area contributed by atoms with Gasteiger partial charge in [0.1, 0.15) is 6.61 Å². The zero-order valence-corrected chi connectivity index (χ0v) is 8.77. The maximum Gasteiger partial charge on any atom is 0.334 e. The summed E-state index contributed by atoms with van der Waals surface area (Å²) >= 11 is 0. The Kier molecular flexibility index (Phi) is 4.35. The molecule has 0 N–H and O–H groups in total. The molecule has 0 fully saturated rings. The molecule has 0 bridgehead atoms. The first-order chi connectivity index (χ1) is 7.24. The van der Waals surface area contributed by atoms with Gasteiger partial charge in [-0.25, -0.2) is 4.79 Å². The average molecular weight is 202 g/mol. The molecule has 1 aromatic carbocycles. The highest BCUT2D eigenvalue weighted by Crippen LogP contribution is 2.07. The molecule has 2 nitrogen and oxygen atoms in total. The van der Waals surface area contributed by atoms with Crippen molar-refractivity contribution in [1.29, 1.82) is 0 Å². The van der Waals surface area contributed by atoms with E-state index in [2.05, 4.69) is 6.58 Å². The Morgan fingerprint density at radius 2 is 2.07 bits per heavy atom. The number of hydrogen-bond acceptors (Lipinski definition) is 2. The molecule has 15 heavy (non-hydrogen) atoms. The standard InChI is InChI=1S/C13H14O2/c1-3-9-15-13(14)11(2)10-12-7-5-4-6-8-12/h3-8,10H,1,9H2,2H3/b11-10+. The number of ether oxygens (including phenoxy) is 1. The van der Waals surface area contributed by atoms with Crippen LogP contribution in [0.15, 0.2) is 48.6 Å². The van der Waals surface area contributed by atoms with E-state index in [1.54, 1.807) is 19.1 Å². The molecule has 0 saturated heterocycles. The lowest BCUT2D eigenvalue weighted by Crippen LogP contribution is -2.05. The summed E-state index contributed by atoms with van der Waals surface area (Å²) in [5.74, 6) is -0.307. The molecule has 0 atom stereocenters. The second kappa shape index (κ2) is 5.81. The quantitative estimate of drug-likeness (QED) is 0.426. The predicted octanol–water partition coefficient (Wildman–Crippen LogP) is 2.82. The molecule has 0 aromatic heterocycles. The van der Waals surface area contributed by atoms with E-state index < -0.39 is 0 Å². The van der Waals surface area contributed by atoms with Crippen molar-refractivity contribution >= 4 is 12.0 Å². The Morgan fingerprint density at radius 3 is 2.67 bits per heavy atom. The molecule has 0 spiro atoms. The van der Waals surface area contributed by atoms with Gasteiger partial charge in [-0.05, 0) is 18.6 Å². The number of rotatable bonds is 4. The van der Waals surface area contributed by atoms with Crippen LogP contribution in [-0.2, 0) is 9.53 Å². The number of esters is 1. The van der Waals surface area contributed by atoms with Crippen LogP contribution in [0.2, 0.25) is 0 Å². The van der Waals surface area contributed by atoms with Gasteiger partial charge in [0, 0.05) is 5.57 Å². The molecular weight excluding hydrogens is 188 g/mol. The minimum atomic E-state index is -0.307. The van der Waals surface area contributed by atoms with Crippen molar-refractivity contribution < 1.29 is 9.53 Å². The number of carbonyl (C=O) groups excluding carboxylic acids is 1. The predicted molar refractivity (Wildman–Crippen MR) is 61.2 cm³/mol. The summed E-state index contributed by atoms with van der Waals surface area (Å²) in [6.45, 7) is 5.46. The Bertz CT molecular complexity index is 363. The van der Waals surface area contributed by atoms with Crippen LogP contribution >= 0.6 is 0 Å². The summed E-state index contributed by atoms with van der Waals surface area (Å²) in [4.78, 5) is 11.4. The summed E-state index contributed by atoms with van der Waals surface area (Å²) in [5, 5.41) is 0. The highest BCUT2D eigenvalue weighted by atomic mass is 16.5. The molecule has 78 valence electrons. The summed E-state index contributed by atoms with van der Waals surface area (Å²) in [6, 6.07) is 9.65. The van der Waals surface area contributed by atoms with Crippen molar-refractivity contribution in [3.63, 3.8) is 0 Å². The van der Waals surface area contributed by atoms with E-state index in [-0.39, 0.29) is 12.6 Å². The smallest absolute Gasteiger partial charge is 0.334 e. The molecule has 0 amide bonds. The number of carbonyl (C=O) groups is 1. The lowest BCUT2D eigenvalue weighted by atomic mass is 10.1. The van der Waals surface area contributed by atoms with Gasteiger partial charge < -0.3 is 4.74 Å². The normalized spacial score (nSPS) is 10.9. The van der Waals surface area contributed by atoms with Crippen molar-refractivity contribution in [3.8, 4) is 0 Å². The lowest BCUT2D eigenvalue weighted by Gasteiger charge is -2.01. The SMILES string of the molecule is C=CCOC(=O)/C(C)=C/c1ccccc1. The molecule has 0 heterocycles. The van der Waals surface area contributed by atoms with E-state index >= 15 is 0 Å². The third kappa shape index (κ3) is 3.81. The van der Waals surface area contributed by atoms with E-state index in [4.69, 9.17) is 4.74 Å². The summed E-state index contributed by atoms with van der Waals surface area (Å²) < 4.78 is 4.90.